The molecule has 1 N–H and O–H groups in total. The number of carbonyl (C=O) groups excluding carboxylic acids is 1. The van der Waals surface area contributed by atoms with Gasteiger partial charge in [0.1, 0.15) is 12.2 Å². The smallest absolute Gasteiger partial charge is 0.244 e. The van der Waals surface area contributed by atoms with Gasteiger partial charge in [0.25, 0.3) is 0 Å². The Hall–Kier alpha value is -2.14. The summed E-state index contributed by atoms with van der Waals surface area (Å²) in [5, 5.41) is 2.89. The quantitative estimate of drug-likeness (QED) is 0.812. The summed E-state index contributed by atoms with van der Waals surface area (Å²) in [7, 11) is 0. The highest BCUT2D eigenvalue weighted by atomic mass is 35.5. The normalized spacial score (nSPS) is 14.0. The van der Waals surface area contributed by atoms with Crippen molar-refractivity contribution in [3.63, 3.8) is 0 Å². The van der Waals surface area contributed by atoms with Crippen LogP contribution in [0.5, 0.6) is 0 Å². The second kappa shape index (κ2) is 4.51. The maximum absolute atomic E-state index is 11.7. The van der Waals surface area contributed by atoms with Crippen molar-refractivity contribution in [1.29, 1.82) is 0 Å². The minimum absolute atomic E-state index is 0.0982. The summed E-state index contributed by atoms with van der Waals surface area (Å²) >= 11 is 5.83. The number of halogens is 1. The average Bonchev–Trinajstić information content (AvgIpc) is 2.39. The SMILES string of the molecule is Cc1ccc(N2CC(=O)Nc3cnc(Cl)nc32)cc1. The van der Waals surface area contributed by atoms with E-state index < -0.39 is 0 Å². The highest BCUT2D eigenvalue weighted by Crippen LogP contribution is 2.33. The van der Waals surface area contributed by atoms with Crippen molar-refractivity contribution in [2.24, 2.45) is 0 Å². The van der Waals surface area contributed by atoms with E-state index in [0.29, 0.717) is 11.5 Å². The molecule has 1 aromatic heterocycles. The van der Waals surface area contributed by atoms with E-state index >= 15 is 0 Å². The highest BCUT2D eigenvalue weighted by Gasteiger charge is 2.25. The number of hydrogen-bond donors (Lipinski definition) is 1. The minimum atomic E-state index is -0.0982. The summed E-state index contributed by atoms with van der Waals surface area (Å²) in [4.78, 5) is 21.6. The van der Waals surface area contributed by atoms with Gasteiger partial charge in [-0.25, -0.2) is 4.98 Å². The predicted molar refractivity (Wildman–Crippen MR) is 73.9 cm³/mol. The molecule has 0 unspecified atom stereocenters. The molecule has 2 aromatic rings. The lowest BCUT2D eigenvalue weighted by Gasteiger charge is -2.29. The number of hydrogen-bond acceptors (Lipinski definition) is 4. The molecule has 0 atom stereocenters. The van der Waals surface area contributed by atoms with Crippen molar-refractivity contribution in [3.05, 3.63) is 41.3 Å². The molecule has 2 heterocycles. The molecule has 0 spiro atoms. The van der Waals surface area contributed by atoms with Gasteiger partial charge in [-0.15, -0.1) is 0 Å². The first-order chi connectivity index (χ1) is 9.13. The van der Waals surface area contributed by atoms with Crippen molar-refractivity contribution in [3.8, 4) is 0 Å². The second-order valence-corrected chi connectivity index (χ2v) is 4.68. The number of aromatic nitrogens is 2. The molecule has 1 aliphatic heterocycles. The van der Waals surface area contributed by atoms with E-state index in [0.717, 1.165) is 11.3 Å². The first-order valence-electron chi connectivity index (χ1n) is 5.80. The number of fused-ring (bicyclic) bond motifs is 1. The summed E-state index contributed by atoms with van der Waals surface area (Å²) in [6.45, 7) is 2.23. The Morgan fingerprint density at radius 3 is 2.79 bits per heavy atom. The summed E-state index contributed by atoms with van der Waals surface area (Å²) in [6.07, 6.45) is 1.52. The Bertz CT molecular complexity index is 642. The summed E-state index contributed by atoms with van der Waals surface area (Å²) in [5.41, 5.74) is 2.63. The molecular weight excluding hydrogens is 264 g/mol. The maximum Gasteiger partial charge on any atom is 0.244 e. The van der Waals surface area contributed by atoms with Crippen molar-refractivity contribution < 1.29 is 4.79 Å². The van der Waals surface area contributed by atoms with Crippen molar-refractivity contribution >= 4 is 34.7 Å². The van der Waals surface area contributed by atoms with E-state index in [1.54, 1.807) is 0 Å². The molecule has 96 valence electrons. The Morgan fingerprint density at radius 1 is 1.32 bits per heavy atom. The summed E-state index contributed by atoms with van der Waals surface area (Å²) in [6, 6.07) is 7.89. The fraction of sp³-hybridized carbons (Fsp3) is 0.154. The zero-order chi connectivity index (χ0) is 13.4. The predicted octanol–water partition coefficient (Wildman–Crippen LogP) is 2.53. The molecule has 0 fully saturated rings. The summed E-state index contributed by atoms with van der Waals surface area (Å²) in [5.74, 6) is 0.516. The second-order valence-electron chi connectivity index (χ2n) is 4.35. The van der Waals surface area contributed by atoms with Gasteiger partial charge in [-0.3, -0.25) is 4.79 Å². The van der Waals surface area contributed by atoms with Crippen LogP contribution in [0.4, 0.5) is 17.2 Å². The molecule has 0 radical (unpaired) electrons. The van der Waals surface area contributed by atoms with Gasteiger partial charge in [0, 0.05) is 5.69 Å². The number of rotatable bonds is 1. The minimum Gasteiger partial charge on any atom is -0.320 e. The van der Waals surface area contributed by atoms with Crippen LogP contribution in [0.3, 0.4) is 0 Å². The Morgan fingerprint density at radius 2 is 2.05 bits per heavy atom. The van der Waals surface area contributed by atoms with Crippen LogP contribution in [0.15, 0.2) is 30.5 Å². The molecule has 0 saturated heterocycles. The monoisotopic (exact) mass is 274 g/mol. The molecule has 6 heteroatoms. The zero-order valence-electron chi connectivity index (χ0n) is 10.2. The standard InChI is InChI=1S/C13H11ClN4O/c1-8-2-4-9(5-3-8)18-7-11(19)16-10-6-15-13(14)17-12(10)18/h2-6H,7H2,1H3,(H,16,19). The third kappa shape index (κ3) is 2.24. The van der Waals surface area contributed by atoms with Crippen LogP contribution in [-0.2, 0) is 4.79 Å². The Labute approximate surface area is 115 Å². The fourth-order valence-electron chi connectivity index (χ4n) is 1.99. The number of amides is 1. The van der Waals surface area contributed by atoms with Crippen LogP contribution in [0.25, 0.3) is 0 Å². The molecule has 0 saturated carbocycles. The van der Waals surface area contributed by atoms with E-state index in [1.807, 2.05) is 36.1 Å². The van der Waals surface area contributed by atoms with E-state index in [9.17, 15) is 4.79 Å². The average molecular weight is 275 g/mol. The first kappa shape index (κ1) is 11.9. The van der Waals surface area contributed by atoms with Gasteiger partial charge in [0.15, 0.2) is 5.82 Å². The number of carbonyl (C=O) groups is 1. The summed E-state index contributed by atoms with van der Waals surface area (Å²) < 4.78 is 0. The van der Waals surface area contributed by atoms with E-state index in [2.05, 4.69) is 15.3 Å². The van der Waals surface area contributed by atoms with Crippen molar-refractivity contribution in [2.75, 3.05) is 16.8 Å². The first-order valence-corrected chi connectivity index (χ1v) is 6.18. The molecule has 5 nitrogen and oxygen atoms in total. The van der Waals surface area contributed by atoms with Crippen LogP contribution >= 0.6 is 11.6 Å². The molecule has 1 aromatic carbocycles. The Kier molecular flexibility index (Phi) is 2.83. The van der Waals surface area contributed by atoms with Crippen molar-refractivity contribution in [1.82, 2.24) is 9.97 Å². The lowest BCUT2D eigenvalue weighted by atomic mass is 10.2. The van der Waals surface area contributed by atoms with Crippen LogP contribution in [0.1, 0.15) is 5.56 Å². The van der Waals surface area contributed by atoms with Gasteiger partial charge in [-0.1, -0.05) is 17.7 Å². The molecule has 1 aliphatic rings. The van der Waals surface area contributed by atoms with E-state index in [-0.39, 0.29) is 17.7 Å². The number of benzene rings is 1. The lowest BCUT2D eigenvalue weighted by molar-refractivity contribution is -0.115. The van der Waals surface area contributed by atoms with Gasteiger partial charge in [0.2, 0.25) is 11.2 Å². The van der Waals surface area contributed by atoms with Gasteiger partial charge in [-0.2, -0.15) is 4.98 Å². The number of nitrogens with one attached hydrogen (secondary N) is 1. The fourth-order valence-corrected chi connectivity index (χ4v) is 2.12. The maximum atomic E-state index is 11.7. The van der Waals surface area contributed by atoms with Gasteiger partial charge in [0.05, 0.1) is 6.20 Å². The van der Waals surface area contributed by atoms with Crippen LogP contribution in [0, 0.1) is 6.92 Å². The van der Waals surface area contributed by atoms with Crippen LogP contribution in [0.2, 0.25) is 5.28 Å². The molecule has 0 aliphatic carbocycles. The van der Waals surface area contributed by atoms with Gasteiger partial charge < -0.3 is 10.2 Å². The van der Waals surface area contributed by atoms with Crippen LogP contribution in [-0.4, -0.2) is 22.4 Å². The largest absolute Gasteiger partial charge is 0.320 e. The third-order valence-electron chi connectivity index (χ3n) is 2.92. The van der Waals surface area contributed by atoms with E-state index in [4.69, 9.17) is 11.6 Å². The third-order valence-corrected chi connectivity index (χ3v) is 3.10. The van der Waals surface area contributed by atoms with E-state index in [1.165, 1.54) is 6.20 Å². The van der Waals surface area contributed by atoms with Gasteiger partial charge >= 0.3 is 0 Å². The molecule has 19 heavy (non-hydrogen) atoms. The van der Waals surface area contributed by atoms with Gasteiger partial charge in [-0.05, 0) is 30.7 Å². The molecule has 0 bridgehead atoms. The van der Waals surface area contributed by atoms with Crippen LogP contribution < -0.4 is 10.2 Å². The Balaban J connectivity index is 2.09. The number of anilines is 3. The number of nitrogens with zero attached hydrogens (tertiary/aromatic N) is 3. The molecule has 1 amide bonds. The highest BCUT2D eigenvalue weighted by molar-refractivity contribution is 6.28. The zero-order valence-corrected chi connectivity index (χ0v) is 11.0. The van der Waals surface area contributed by atoms with Crippen molar-refractivity contribution in [2.45, 2.75) is 6.92 Å². The molecular formula is C13H11ClN4O. The topological polar surface area (TPSA) is 58.1 Å². The lowest BCUT2D eigenvalue weighted by Crippen LogP contribution is -2.35. The number of aryl methyl sites for hydroxylation is 1. The molecule has 3 rings (SSSR count).